The first kappa shape index (κ1) is 18.7. The van der Waals surface area contributed by atoms with Crippen LogP contribution in [0.15, 0.2) is 48.5 Å². The van der Waals surface area contributed by atoms with Gasteiger partial charge in [-0.2, -0.15) is 0 Å². The summed E-state index contributed by atoms with van der Waals surface area (Å²) < 4.78 is 42.2. The van der Waals surface area contributed by atoms with E-state index in [4.69, 9.17) is 16.3 Å². The van der Waals surface area contributed by atoms with Crippen molar-refractivity contribution in [1.82, 2.24) is 0 Å². The van der Waals surface area contributed by atoms with Crippen molar-refractivity contribution < 1.29 is 22.3 Å². The highest BCUT2D eigenvalue weighted by atomic mass is 35.5. The lowest BCUT2D eigenvalue weighted by Crippen LogP contribution is -2.43. The van der Waals surface area contributed by atoms with Gasteiger partial charge in [-0.15, -0.1) is 0 Å². The van der Waals surface area contributed by atoms with E-state index in [9.17, 15) is 17.6 Å². The number of ether oxygens (including phenoxy) is 1. The van der Waals surface area contributed by atoms with Crippen LogP contribution in [0.5, 0.6) is 5.75 Å². The third-order valence-electron chi connectivity index (χ3n) is 4.12. The third-order valence-corrected chi connectivity index (χ3v) is 6.17. The van der Waals surface area contributed by atoms with E-state index >= 15 is 0 Å². The van der Waals surface area contributed by atoms with Gasteiger partial charge in [0.2, 0.25) is 0 Å². The highest BCUT2D eigenvalue weighted by molar-refractivity contribution is 7.91. The Labute approximate surface area is 156 Å². The Kier molecular flexibility index (Phi) is 5.48. The summed E-state index contributed by atoms with van der Waals surface area (Å²) in [5.41, 5.74) is 0.605. The SMILES string of the molecule is O=C(COc1ccc(F)cc1Cl)N(c1ccccc1)C1CCS(=O)(=O)C1. The molecule has 5 nitrogen and oxygen atoms in total. The molecule has 138 valence electrons. The Morgan fingerprint density at radius 1 is 1.23 bits per heavy atom. The fourth-order valence-electron chi connectivity index (χ4n) is 2.93. The van der Waals surface area contributed by atoms with Crippen LogP contribution >= 0.6 is 11.6 Å². The van der Waals surface area contributed by atoms with Crippen molar-refractivity contribution >= 4 is 33.0 Å². The average Bonchev–Trinajstić information content (AvgIpc) is 2.95. The van der Waals surface area contributed by atoms with Crippen molar-refractivity contribution in [3.05, 3.63) is 59.4 Å². The molecule has 1 atom stereocenters. The molecular weight excluding hydrogens is 381 g/mol. The Hall–Kier alpha value is -2.12. The molecule has 1 unspecified atom stereocenters. The number of para-hydroxylation sites is 1. The molecule has 2 aromatic carbocycles. The molecule has 1 aliphatic rings. The summed E-state index contributed by atoms with van der Waals surface area (Å²) in [5.74, 6) is -0.730. The predicted octanol–water partition coefficient (Wildman–Crippen LogP) is 3.08. The molecule has 0 N–H and O–H groups in total. The van der Waals surface area contributed by atoms with Gasteiger partial charge in [-0.3, -0.25) is 4.79 Å². The lowest BCUT2D eigenvalue weighted by Gasteiger charge is -2.28. The minimum atomic E-state index is -3.16. The normalized spacial score (nSPS) is 18.5. The second kappa shape index (κ2) is 7.63. The highest BCUT2D eigenvalue weighted by Gasteiger charge is 2.35. The van der Waals surface area contributed by atoms with Crippen LogP contribution in [0.3, 0.4) is 0 Å². The molecule has 0 radical (unpaired) electrons. The molecule has 1 fully saturated rings. The van der Waals surface area contributed by atoms with E-state index in [2.05, 4.69) is 0 Å². The van der Waals surface area contributed by atoms with Crippen LogP contribution in [0, 0.1) is 5.82 Å². The van der Waals surface area contributed by atoms with Crippen LogP contribution in [0.25, 0.3) is 0 Å². The molecule has 2 aromatic rings. The minimum Gasteiger partial charge on any atom is -0.482 e. The quantitative estimate of drug-likeness (QED) is 0.777. The van der Waals surface area contributed by atoms with E-state index in [0.29, 0.717) is 12.1 Å². The molecule has 1 saturated heterocycles. The molecular formula is C18H17ClFNO4S. The van der Waals surface area contributed by atoms with Crippen molar-refractivity contribution in [1.29, 1.82) is 0 Å². The molecule has 0 aliphatic carbocycles. The second-order valence-corrected chi connectivity index (χ2v) is 8.66. The van der Waals surface area contributed by atoms with Gasteiger partial charge in [-0.25, -0.2) is 12.8 Å². The lowest BCUT2D eigenvalue weighted by molar-refractivity contribution is -0.121. The highest BCUT2D eigenvalue weighted by Crippen LogP contribution is 2.27. The maximum Gasteiger partial charge on any atom is 0.265 e. The van der Waals surface area contributed by atoms with Crippen molar-refractivity contribution in [2.45, 2.75) is 12.5 Å². The van der Waals surface area contributed by atoms with Crippen LogP contribution in [0.4, 0.5) is 10.1 Å². The summed E-state index contributed by atoms with van der Waals surface area (Å²) in [4.78, 5) is 14.2. The molecule has 3 rings (SSSR count). The largest absolute Gasteiger partial charge is 0.482 e. The van der Waals surface area contributed by atoms with Gasteiger partial charge < -0.3 is 9.64 Å². The number of anilines is 1. The van der Waals surface area contributed by atoms with E-state index in [1.54, 1.807) is 24.3 Å². The molecule has 1 heterocycles. The van der Waals surface area contributed by atoms with Gasteiger partial charge in [0.1, 0.15) is 11.6 Å². The smallest absolute Gasteiger partial charge is 0.265 e. The van der Waals surface area contributed by atoms with Crippen LogP contribution in [-0.2, 0) is 14.6 Å². The lowest BCUT2D eigenvalue weighted by atomic mass is 10.2. The Morgan fingerprint density at radius 2 is 1.96 bits per heavy atom. The molecule has 0 aromatic heterocycles. The number of sulfone groups is 1. The number of nitrogens with zero attached hydrogens (tertiary/aromatic N) is 1. The van der Waals surface area contributed by atoms with Gasteiger partial charge in [0.05, 0.1) is 22.6 Å². The Morgan fingerprint density at radius 3 is 2.58 bits per heavy atom. The summed E-state index contributed by atoms with van der Waals surface area (Å²) >= 11 is 5.90. The number of benzene rings is 2. The summed E-state index contributed by atoms with van der Waals surface area (Å²) in [6, 6.07) is 12.0. The fourth-order valence-corrected chi connectivity index (χ4v) is 4.85. The molecule has 26 heavy (non-hydrogen) atoms. The topological polar surface area (TPSA) is 63.7 Å². The van der Waals surface area contributed by atoms with Gasteiger partial charge >= 0.3 is 0 Å². The fraction of sp³-hybridized carbons (Fsp3) is 0.278. The van der Waals surface area contributed by atoms with Gasteiger partial charge in [0, 0.05) is 5.69 Å². The zero-order valence-corrected chi connectivity index (χ0v) is 15.3. The zero-order chi connectivity index (χ0) is 18.7. The summed E-state index contributed by atoms with van der Waals surface area (Å²) in [6.07, 6.45) is 0.375. The van der Waals surface area contributed by atoms with Crippen molar-refractivity contribution in [3.63, 3.8) is 0 Å². The van der Waals surface area contributed by atoms with Gasteiger partial charge in [-0.1, -0.05) is 29.8 Å². The molecule has 1 amide bonds. The first-order valence-corrected chi connectivity index (χ1v) is 10.2. The first-order valence-electron chi connectivity index (χ1n) is 8.01. The summed E-state index contributed by atoms with van der Waals surface area (Å²) in [7, 11) is -3.16. The molecule has 0 bridgehead atoms. The number of hydrogen-bond acceptors (Lipinski definition) is 4. The van der Waals surface area contributed by atoms with E-state index < -0.39 is 27.6 Å². The zero-order valence-electron chi connectivity index (χ0n) is 13.8. The van der Waals surface area contributed by atoms with Crippen LogP contribution < -0.4 is 9.64 Å². The van der Waals surface area contributed by atoms with Crippen LogP contribution in [0.1, 0.15) is 6.42 Å². The van der Waals surface area contributed by atoms with Crippen molar-refractivity contribution in [2.24, 2.45) is 0 Å². The number of carbonyl (C=O) groups excluding carboxylic acids is 1. The number of amides is 1. The van der Waals surface area contributed by atoms with Crippen LogP contribution in [0.2, 0.25) is 5.02 Å². The molecule has 0 spiro atoms. The standard InChI is InChI=1S/C18H17ClFNO4S/c19-16-10-13(20)6-7-17(16)25-11-18(22)21(14-4-2-1-3-5-14)15-8-9-26(23,24)12-15/h1-7,10,15H,8-9,11-12H2. The number of rotatable bonds is 5. The number of halogens is 2. The van der Waals surface area contributed by atoms with Crippen LogP contribution in [-0.4, -0.2) is 38.5 Å². The van der Waals surface area contributed by atoms with E-state index in [1.807, 2.05) is 6.07 Å². The van der Waals surface area contributed by atoms with Gasteiger partial charge in [0.25, 0.3) is 5.91 Å². The molecule has 8 heteroatoms. The Balaban J connectivity index is 1.79. The second-order valence-electron chi connectivity index (χ2n) is 6.02. The first-order chi connectivity index (χ1) is 12.4. The monoisotopic (exact) mass is 397 g/mol. The predicted molar refractivity (Wildman–Crippen MR) is 97.9 cm³/mol. The minimum absolute atomic E-state index is 0.0545. The van der Waals surface area contributed by atoms with E-state index in [0.717, 1.165) is 6.07 Å². The molecule has 1 aliphatic heterocycles. The van der Waals surface area contributed by atoms with Crippen molar-refractivity contribution in [2.75, 3.05) is 23.0 Å². The van der Waals surface area contributed by atoms with E-state index in [1.165, 1.54) is 17.0 Å². The number of carbonyl (C=O) groups is 1. The number of hydrogen-bond donors (Lipinski definition) is 0. The maximum atomic E-state index is 13.1. The van der Waals surface area contributed by atoms with E-state index in [-0.39, 0.29) is 28.9 Å². The summed E-state index contributed by atoms with van der Waals surface area (Å²) in [5, 5.41) is 0.0625. The average molecular weight is 398 g/mol. The summed E-state index contributed by atoms with van der Waals surface area (Å²) in [6.45, 7) is -0.337. The molecule has 0 saturated carbocycles. The van der Waals surface area contributed by atoms with Gasteiger partial charge in [0.15, 0.2) is 16.4 Å². The third kappa shape index (κ3) is 4.34. The Bertz CT molecular complexity index is 905. The maximum absolute atomic E-state index is 13.1. The van der Waals surface area contributed by atoms with Crippen molar-refractivity contribution in [3.8, 4) is 5.75 Å². The van der Waals surface area contributed by atoms with Gasteiger partial charge in [-0.05, 0) is 36.8 Å².